The topological polar surface area (TPSA) is 166 Å². The Labute approximate surface area is 263 Å². The Bertz CT molecular complexity index is 675. The van der Waals surface area contributed by atoms with Crippen LogP contribution in [0.4, 0.5) is 0 Å². The molecule has 0 aliphatic heterocycles. The van der Waals surface area contributed by atoms with Crippen molar-refractivity contribution in [3.8, 4) is 0 Å². The number of nitrogens with two attached hydrogens (primary N) is 1. The van der Waals surface area contributed by atoms with E-state index in [1.807, 2.05) is 0 Å². The molecule has 9 nitrogen and oxygen atoms in total. The second-order valence-electron chi connectivity index (χ2n) is 11.9. The number of carboxylic acids is 2. The van der Waals surface area contributed by atoms with Gasteiger partial charge in [0.15, 0.2) is 5.96 Å². The maximum atomic E-state index is 11.9. The minimum absolute atomic E-state index is 0.138. The number of unbranched alkanes of at least 4 members (excludes halogenated alkanes) is 20. The van der Waals surface area contributed by atoms with Gasteiger partial charge in [0, 0.05) is 19.4 Å². The van der Waals surface area contributed by atoms with Crippen LogP contribution < -0.4 is 16.4 Å². The molecular formula is C34H68N4O5. The van der Waals surface area contributed by atoms with Gasteiger partial charge in [0.25, 0.3) is 0 Å². The van der Waals surface area contributed by atoms with E-state index in [2.05, 4.69) is 24.5 Å². The zero-order chi connectivity index (χ0) is 32.4. The van der Waals surface area contributed by atoms with Gasteiger partial charge in [0.2, 0.25) is 5.91 Å². The molecular weight excluding hydrogens is 544 g/mol. The van der Waals surface area contributed by atoms with Crippen LogP contribution in [0.1, 0.15) is 181 Å². The zero-order valence-electron chi connectivity index (χ0n) is 27.9. The minimum atomic E-state index is -1.02. The van der Waals surface area contributed by atoms with Gasteiger partial charge in [-0.1, -0.05) is 142 Å². The van der Waals surface area contributed by atoms with Gasteiger partial charge in [0.1, 0.15) is 6.04 Å². The molecule has 0 rings (SSSR count). The molecule has 1 atom stereocenters. The van der Waals surface area contributed by atoms with E-state index in [9.17, 15) is 14.4 Å². The quantitative estimate of drug-likeness (QED) is 0.0269. The lowest BCUT2D eigenvalue weighted by molar-refractivity contribution is -0.142. The zero-order valence-corrected chi connectivity index (χ0v) is 27.9. The number of carbonyl (C=O) groups is 3. The summed E-state index contributed by atoms with van der Waals surface area (Å²) >= 11 is 0. The summed E-state index contributed by atoms with van der Waals surface area (Å²) in [7, 11) is 0. The van der Waals surface area contributed by atoms with Crippen LogP contribution in [0.3, 0.4) is 0 Å². The lowest BCUT2D eigenvalue weighted by atomic mass is 10.0. The Morgan fingerprint density at radius 3 is 1.33 bits per heavy atom. The lowest BCUT2D eigenvalue weighted by Gasteiger charge is -2.14. The Morgan fingerprint density at radius 2 is 0.977 bits per heavy atom. The van der Waals surface area contributed by atoms with Crippen molar-refractivity contribution in [2.24, 2.45) is 5.73 Å². The summed E-state index contributed by atoms with van der Waals surface area (Å²) < 4.78 is 0. The highest BCUT2D eigenvalue weighted by Gasteiger charge is 2.19. The third-order valence-electron chi connectivity index (χ3n) is 7.62. The number of hydrogen-bond acceptors (Lipinski definition) is 4. The average Bonchev–Trinajstić information content (AvgIpc) is 2.96. The van der Waals surface area contributed by atoms with Crippen molar-refractivity contribution < 1.29 is 24.6 Å². The summed E-state index contributed by atoms with van der Waals surface area (Å²) in [5.41, 5.74) is 5.16. The molecule has 7 N–H and O–H groups in total. The molecule has 9 heteroatoms. The third-order valence-corrected chi connectivity index (χ3v) is 7.62. The first-order chi connectivity index (χ1) is 20.7. The number of guanidine groups is 1. The molecule has 0 spiro atoms. The fraction of sp³-hybridized carbons (Fsp3) is 0.882. The van der Waals surface area contributed by atoms with E-state index in [0.29, 0.717) is 32.2 Å². The Balaban J connectivity index is 0. The van der Waals surface area contributed by atoms with Gasteiger partial charge in [-0.2, -0.15) is 0 Å². The van der Waals surface area contributed by atoms with Gasteiger partial charge < -0.3 is 26.6 Å². The van der Waals surface area contributed by atoms with Gasteiger partial charge >= 0.3 is 11.9 Å². The fourth-order valence-electron chi connectivity index (χ4n) is 4.94. The van der Waals surface area contributed by atoms with E-state index >= 15 is 0 Å². The normalized spacial score (nSPS) is 11.3. The predicted octanol–water partition coefficient (Wildman–Crippen LogP) is 8.29. The monoisotopic (exact) mass is 613 g/mol. The third kappa shape index (κ3) is 37.7. The molecule has 0 unspecified atom stereocenters. The summed E-state index contributed by atoms with van der Waals surface area (Å²) in [6.07, 6.45) is 29.1. The molecule has 0 fully saturated rings. The Hall–Kier alpha value is -2.32. The number of carbonyl (C=O) groups excluding carboxylic acids is 1. The van der Waals surface area contributed by atoms with Gasteiger partial charge in [-0.3, -0.25) is 15.0 Å². The van der Waals surface area contributed by atoms with Gasteiger partial charge in [0.05, 0.1) is 0 Å². The van der Waals surface area contributed by atoms with Crippen molar-refractivity contribution >= 4 is 23.8 Å². The van der Waals surface area contributed by atoms with Crippen molar-refractivity contribution in [1.82, 2.24) is 10.6 Å². The molecule has 0 saturated carbocycles. The molecule has 0 heterocycles. The highest BCUT2D eigenvalue weighted by atomic mass is 16.4. The standard InChI is InChI=1S/C18H36N4O3.C16H32O2/c1-2-3-4-5-6-7-8-9-10-13-16(23)22-15(17(24)25)12-11-14-21-18(19)20;1-2-3-4-5-6-7-8-9-10-11-12-13-14-15-16(17)18/h15H,2-14H2,1H3,(H,22,23)(H,24,25)(H4,19,20,21);2-15H2,1H3,(H,17,18)/t15-;/m0./s1. The molecule has 0 aliphatic rings. The van der Waals surface area contributed by atoms with E-state index in [0.717, 1.165) is 32.1 Å². The van der Waals surface area contributed by atoms with Gasteiger partial charge in [-0.25, -0.2) is 4.79 Å². The van der Waals surface area contributed by atoms with Crippen molar-refractivity contribution in [1.29, 1.82) is 5.41 Å². The van der Waals surface area contributed by atoms with Crippen LogP contribution in [0.5, 0.6) is 0 Å². The van der Waals surface area contributed by atoms with Crippen molar-refractivity contribution in [3.05, 3.63) is 0 Å². The largest absolute Gasteiger partial charge is 0.481 e. The molecule has 0 aromatic heterocycles. The smallest absolute Gasteiger partial charge is 0.326 e. The number of nitrogens with one attached hydrogen (secondary N) is 3. The van der Waals surface area contributed by atoms with Crippen LogP contribution in [-0.2, 0) is 14.4 Å². The molecule has 0 aliphatic carbocycles. The van der Waals surface area contributed by atoms with Crippen LogP contribution in [-0.4, -0.2) is 46.6 Å². The highest BCUT2D eigenvalue weighted by Crippen LogP contribution is 2.13. The second kappa shape index (κ2) is 34.2. The van der Waals surface area contributed by atoms with Crippen LogP contribution in [0, 0.1) is 5.41 Å². The molecule has 254 valence electrons. The second-order valence-corrected chi connectivity index (χ2v) is 11.9. The fourth-order valence-corrected chi connectivity index (χ4v) is 4.94. The minimum Gasteiger partial charge on any atom is -0.481 e. The number of aliphatic carboxylic acids is 2. The molecule has 1 amide bonds. The summed E-state index contributed by atoms with van der Waals surface area (Å²) in [6, 6.07) is -0.875. The first-order valence-electron chi connectivity index (χ1n) is 17.6. The highest BCUT2D eigenvalue weighted by molar-refractivity contribution is 5.83. The molecule has 0 aromatic rings. The van der Waals surface area contributed by atoms with Crippen molar-refractivity contribution in [2.75, 3.05) is 6.54 Å². The molecule has 0 aromatic carbocycles. The average molecular weight is 613 g/mol. The van der Waals surface area contributed by atoms with E-state index in [-0.39, 0.29) is 11.9 Å². The maximum Gasteiger partial charge on any atom is 0.326 e. The van der Waals surface area contributed by atoms with Crippen molar-refractivity contribution in [3.63, 3.8) is 0 Å². The number of amides is 1. The van der Waals surface area contributed by atoms with Crippen molar-refractivity contribution in [2.45, 2.75) is 187 Å². The lowest BCUT2D eigenvalue weighted by Crippen LogP contribution is -2.41. The summed E-state index contributed by atoms with van der Waals surface area (Å²) in [5, 5.41) is 29.9. The van der Waals surface area contributed by atoms with E-state index < -0.39 is 18.0 Å². The summed E-state index contributed by atoms with van der Waals surface area (Å²) in [5.74, 6) is -2.02. The maximum absolute atomic E-state index is 11.9. The van der Waals surface area contributed by atoms with Crippen LogP contribution in [0.15, 0.2) is 0 Å². The van der Waals surface area contributed by atoms with Crippen LogP contribution >= 0.6 is 0 Å². The number of carboxylic acid groups (broad SMARTS) is 2. The molecule has 43 heavy (non-hydrogen) atoms. The molecule has 0 saturated heterocycles. The number of hydrogen-bond donors (Lipinski definition) is 6. The Kier molecular flexibility index (Phi) is 34.0. The molecule has 0 radical (unpaired) electrons. The van der Waals surface area contributed by atoms with Gasteiger partial charge in [-0.15, -0.1) is 0 Å². The Morgan fingerprint density at radius 1 is 0.605 bits per heavy atom. The van der Waals surface area contributed by atoms with Gasteiger partial charge in [-0.05, 0) is 25.7 Å². The SMILES string of the molecule is CCCCCCCCCCCC(=O)N[C@@H](CCCNC(=N)N)C(=O)O.CCCCCCCCCCCCCCCC(=O)O. The summed E-state index contributed by atoms with van der Waals surface area (Å²) in [6.45, 7) is 4.90. The van der Waals surface area contributed by atoms with Crippen LogP contribution in [0.25, 0.3) is 0 Å². The first kappa shape index (κ1) is 42.8. The van der Waals surface area contributed by atoms with E-state index in [4.69, 9.17) is 21.4 Å². The first-order valence-corrected chi connectivity index (χ1v) is 17.6. The summed E-state index contributed by atoms with van der Waals surface area (Å²) in [4.78, 5) is 33.3. The van der Waals surface area contributed by atoms with E-state index in [1.165, 1.54) is 109 Å². The predicted molar refractivity (Wildman–Crippen MR) is 179 cm³/mol. The number of rotatable bonds is 30. The van der Waals surface area contributed by atoms with Crippen LogP contribution in [0.2, 0.25) is 0 Å². The van der Waals surface area contributed by atoms with E-state index in [1.54, 1.807) is 0 Å². The molecule has 0 bridgehead atoms.